The third kappa shape index (κ3) is 3.67. The van der Waals surface area contributed by atoms with Gasteiger partial charge in [-0.05, 0) is 6.92 Å². The van der Waals surface area contributed by atoms with Crippen LogP contribution in [0.5, 0.6) is 0 Å². The zero-order valence-electron chi connectivity index (χ0n) is 12.0. The first-order valence-electron chi connectivity index (χ1n) is 6.29. The molecule has 1 rings (SSSR count). The van der Waals surface area contributed by atoms with E-state index in [-0.39, 0.29) is 12.0 Å². The van der Waals surface area contributed by atoms with Crippen molar-refractivity contribution in [2.45, 2.75) is 39.7 Å². The highest BCUT2D eigenvalue weighted by Gasteiger charge is 2.24. The van der Waals surface area contributed by atoms with Gasteiger partial charge in [0.15, 0.2) is 5.13 Å². The molecule has 0 spiro atoms. The summed E-state index contributed by atoms with van der Waals surface area (Å²) < 4.78 is 5.11. The van der Waals surface area contributed by atoms with Gasteiger partial charge in [0.05, 0.1) is 23.8 Å². The smallest absolute Gasteiger partial charge is 0.185 e. The first kappa shape index (κ1) is 15.4. The van der Waals surface area contributed by atoms with Gasteiger partial charge >= 0.3 is 0 Å². The summed E-state index contributed by atoms with van der Waals surface area (Å²) in [6.45, 7) is 10.9. The Morgan fingerprint density at radius 1 is 1.39 bits per heavy atom. The van der Waals surface area contributed by atoms with Crippen LogP contribution in [0, 0.1) is 0 Å². The highest BCUT2D eigenvalue weighted by molar-refractivity contribution is 7.15. The molecule has 0 amide bonds. The lowest BCUT2D eigenvalue weighted by Crippen LogP contribution is -2.27. The minimum Gasteiger partial charge on any atom is -0.391 e. The van der Waals surface area contributed by atoms with Crippen LogP contribution in [-0.2, 0) is 16.8 Å². The van der Waals surface area contributed by atoms with Gasteiger partial charge in [-0.15, -0.1) is 0 Å². The Morgan fingerprint density at radius 3 is 2.44 bits per heavy atom. The number of ether oxygens (including phenoxy) is 1. The molecule has 1 heterocycles. The highest BCUT2D eigenvalue weighted by atomic mass is 32.1. The normalized spacial score (nSPS) is 11.9. The number of nitrogens with zero attached hydrogens (tertiary/aromatic N) is 2. The molecule has 0 radical (unpaired) electrons. The maximum atomic E-state index is 9.45. The van der Waals surface area contributed by atoms with Crippen LogP contribution in [0.2, 0.25) is 0 Å². The number of hydrogen-bond acceptors (Lipinski definition) is 5. The van der Waals surface area contributed by atoms with E-state index in [1.807, 2.05) is 0 Å². The minimum atomic E-state index is -0.0342. The van der Waals surface area contributed by atoms with Crippen LogP contribution in [0.3, 0.4) is 0 Å². The molecule has 5 heteroatoms. The largest absolute Gasteiger partial charge is 0.391 e. The van der Waals surface area contributed by atoms with Crippen molar-refractivity contribution >= 4 is 16.5 Å². The summed E-state index contributed by atoms with van der Waals surface area (Å²) in [5, 5.41) is 10.4. The van der Waals surface area contributed by atoms with Crippen molar-refractivity contribution in [3.05, 3.63) is 10.6 Å². The molecule has 0 aliphatic rings. The molecule has 104 valence electrons. The van der Waals surface area contributed by atoms with Crippen LogP contribution >= 0.6 is 11.3 Å². The number of aliphatic hydroxyl groups excluding tert-OH is 1. The quantitative estimate of drug-likeness (QED) is 0.864. The van der Waals surface area contributed by atoms with Gasteiger partial charge in [0.1, 0.15) is 0 Å². The minimum absolute atomic E-state index is 0.0342. The number of likely N-dealkylation sites (N-methyl/N-ethyl adjacent to an activating group) is 1. The van der Waals surface area contributed by atoms with E-state index in [2.05, 4.69) is 32.6 Å². The van der Waals surface area contributed by atoms with Crippen LogP contribution in [0.1, 0.15) is 38.3 Å². The molecule has 1 aromatic rings. The molecule has 0 saturated carbocycles. The number of anilines is 1. The Hall–Kier alpha value is -0.650. The molecular weight excluding hydrogens is 248 g/mol. The summed E-state index contributed by atoms with van der Waals surface area (Å²) >= 11 is 1.58. The maximum Gasteiger partial charge on any atom is 0.185 e. The van der Waals surface area contributed by atoms with Crippen molar-refractivity contribution < 1.29 is 9.84 Å². The first-order chi connectivity index (χ1) is 8.43. The van der Waals surface area contributed by atoms with Gasteiger partial charge in [0.25, 0.3) is 0 Å². The summed E-state index contributed by atoms with van der Waals surface area (Å²) in [4.78, 5) is 7.85. The van der Waals surface area contributed by atoms with Gasteiger partial charge in [-0.3, -0.25) is 0 Å². The molecule has 0 aliphatic heterocycles. The predicted octanol–water partition coefficient (Wildman–Crippen LogP) is 2.41. The molecule has 0 aromatic carbocycles. The van der Waals surface area contributed by atoms with Crippen molar-refractivity contribution in [1.29, 1.82) is 0 Å². The second-order valence-corrected chi connectivity index (χ2v) is 6.31. The van der Waals surface area contributed by atoms with Crippen LogP contribution in [0.15, 0.2) is 0 Å². The van der Waals surface area contributed by atoms with Crippen molar-refractivity contribution in [2.24, 2.45) is 0 Å². The molecule has 18 heavy (non-hydrogen) atoms. The summed E-state index contributed by atoms with van der Waals surface area (Å²) in [6.07, 6.45) is 0. The SMILES string of the molecule is CCN(CCOC)c1nc(C(C)(C)C)c(CO)s1. The van der Waals surface area contributed by atoms with Crippen molar-refractivity contribution in [1.82, 2.24) is 4.98 Å². The lowest BCUT2D eigenvalue weighted by molar-refractivity contribution is 0.205. The standard InChI is InChI=1S/C13H24N2O2S/c1-6-15(7-8-17-5)12-14-11(13(2,3)4)10(9-16)18-12/h16H,6-9H2,1-5H3. The van der Waals surface area contributed by atoms with Crippen LogP contribution < -0.4 is 4.90 Å². The molecule has 0 fully saturated rings. The Labute approximate surface area is 114 Å². The fourth-order valence-electron chi connectivity index (χ4n) is 1.76. The first-order valence-corrected chi connectivity index (χ1v) is 7.10. The number of hydrogen-bond donors (Lipinski definition) is 1. The molecule has 1 aromatic heterocycles. The zero-order chi connectivity index (χ0) is 13.8. The van der Waals surface area contributed by atoms with Gasteiger partial charge in [-0.2, -0.15) is 0 Å². The van der Waals surface area contributed by atoms with E-state index in [9.17, 15) is 5.11 Å². The number of methoxy groups -OCH3 is 1. The molecule has 0 unspecified atom stereocenters. The van der Waals surface area contributed by atoms with Gasteiger partial charge in [0.2, 0.25) is 0 Å². The Kier molecular flexibility index (Phi) is 5.56. The molecule has 0 atom stereocenters. The zero-order valence-corrected chi connectivity index (χ0v) is 12.8. The van der Waals surface area contributed by atoms with Gasteiger partial charge in [-0.1, -0.05) is 32.1 Å². The number of aliphatic hydroxyl groups is 1. The Morgan fingerprint density at radius 2 is 2.06 bits per heavy atom. The second-order valence-electron chi connectivity index (χ2n) is 5.25. The molecular formula is C13H24N2O2S. The summed E-state index contributed by atoms with van der Waals surface area (Å²) in [5.74, 6) is 0. The van der Waals surface area contributed by atoms with Crippen LogP contribution in [-0.4, -0.2) is 36.9 Å². The van der Waals surface area contributed by atoms with E-state index >= 15 is 0 Å². The third-order valence-electron chi connectivity index (χ3n) is 2.76. The lowest BCUT2D eigenvalue weighted by atomic mass is 9.91. The van der Waals surface area contributed by atoms with E-state index in [1.165, 1.54) is 0 Å². The van der Waals surface area contributed by atoms with E-state index in [1.54, 1.807) is 18.4 Å². The number of aromatic nitrogens is 1. The fraction of sp³-hybridized carbons (Fsp3) is 0.769. The fourth-order valence-corrected chi connectivity index (χ4v) is 2.98. The van der Waals surface area contributed by atoms with E-state index in [0.29, 0.717) is 6.61 Å². The molecule has 1 N–H and O–H groups in total. The van der Waals surface area contributed by atoms with Crippen LogP contribution in [0.25, 0.3) is 0 Å². The maximum absolute atomic E-state index is 9.45. The van der Waals surface area contributed by atoms with Crippen molar-refractivity contribution in [3.8, 4) is 0 Å². The summed E-state index contributed by atoms with van der Waals surface area (Å²) in [5.41, 5.74) is 0.967. The predicted molar refractivity (Wildman–Crippen MR) is 76.5 cm³/mol. The van der Waals surface area contributed by atoms with Gasteiger partial charge in [0, 0.05) is 25.6 Å². The van der Waals surface area contributed by atoms with Crippen molar-refractivity contribution in [3.63, 3.8) is 0 Å². The second kappa shape index (κ2) is 6.50. The molecule has 0 aliphatic carbocycles. The van der Waals surface area contributed by atoms with Gasteiger partial charge in [-0.25, -0.2) is 4.98 Å². The summed E-state index contributed by atoms with van der Waals surface area (Å²) in [6, 6.07) is 0. The van der Waals surface area contributed by atoms with E-state index in [0.717, 1.165) is 28.8 Å². The number of thiazole rings is 1. The van der Waals surface area contributed by atoms with Crippen LogP contribution in [0.4, 0.5) is 5.13 Å². The molecule has 4 nitrogen and oxygen atoms in total. The summed E-state index contributed by atoms with van der Waals surface area (Å²) in [7, 11) is 1.70. The average molecular weight is 272 g/mol. The third-order valence-corrected chi connectivity index (χ3v) is 3.86. The molecule has 0 bridgehead atoms. The van der Waals surface area contributed by atoms with E-state index < -0.39 is 0 Å². The average Bonchev–Trinajstić information content (AvgIpc) is 2.74. The van der Waals surface area contributed by atoms with Gasteiger partial charge < -0.3 is 14.7 Å². The Balaban J connectivity index is 2.99. The monoisotopic (exact) mass is 272 g/mol. The topological polar surface area (TPSA) is 45.6 Å². The lowest BCUT2D eigenvalue weighted by Gasteiger charge is -2.20. The van der Waals surface area contributed by atoms with E-state index in [4.69, 9.17) is 9.72 Å². The van der Waals surface area contributed by atoms with Crippen molar-refractivity contribution in [2.75, 3.05) is 31.7 Å². The Bertz CT molecular complexity index is 372. The molecule has 0 saturated heterocycles. The number of rotatable bonds is 6. The highest BCUT2D eigenvalue weighted by Crippen LogP contribution is 2.33.